The van der Waals surface area contributed by atoms with Crippen molar-refractivity contribution in [2.24, 2.45) is 0 Å². The summed E-state index contributed by atoms with van der Waals surface area (Å²) in [6, 6.07) is 2.43. The second-order valence-electron chi connectivity index (χ2n) is 5.11. The largest absolute Gasteiger partial charge is 0.396 e. The van der Waals surface area contributed by atoms with Crippen LogP contribution in [0, 0.1) is 11.3 Å². The third-order valence-electron chi connectivity index (χ3n) is 3.37. The van der Waals surface area contributed by atoms with E-state index in [2.05, 4.69) is 16.7 Å². The highest BCUT2D eigenvalue weighted by Crippen LogP contribution is 2.36. The number of ether oxygens (including phenoxy) is 1. The molecule has 1 atom stereocenters. The Hall–Kier alpha value is -1.78. The van der Waals surface area contributed by atoms with Gasteiger partial charge in [0.2, 0.25) is 0 Å². The minimum atomic E-state index is -0.190. The van der Waals surface area contributed by atoms with E-state index < -0.39 is 0 Å². The molecule has 1 aliphatic rings. The highest BCUT2D eigenvalue weighted by atomic mass is 32.1. The fourth-order valence-electron chi connectivity index (χ4n) is 1.95. The van der Waals surface area contributed by atoms with Crippen LogP contribution >= 0.6 is 11.3 Å². The molecule has 1 saturated carbocycles. The van der Waals surface area contributed by atoms with Crippen molar-refractivity contribution in [3.63, 3.8) is 0 Å². The standard InChI is InChI=1S/C14H20N4O2S/c1-3-8(7-20-2)18-14-10(6-15)11(16)12(21-14)13(19)17-9-4-5-9/h8-9,18H,3-5,7,16H2,1-2H3,(H,17,19). The lowest BCUT2D eigenvalue weighted by atomic mass is 10.2. The van der Waals surface area contributed by atoms with E-state index in [0.29, 0.717) is 22.0 Å². The number of hydrogen-bond acceptors (Lipinski definition) is 6. The minimum Gasteiger partial charge on any atom is -0.396 e. The predicted octanol–water partition coefficient (Wildman–Crippen LogP) is 1.93. The van der Waals surface area contributed by atoms with Crippen LogP contribution < -0.4 is 16.4 Å². The number of thiophene rings is 1. The first kappa shape index (κ1) is 15.6. The lowest BCUT2D eigenvalue weighted by molar-refractivity contribution is 0.0956. The molecule has 1 unspecified atom stereocenters. The number of nitrogens with two attached hydrogens (primary N) is 1. The first-order valence-electron chi connectivity index (χ1n) is 6.99. The molecule has 1 amide bonds. The topological polar surface area (TPSA) is 100 Å². The van der Waals surface area contributed by atoms with Gasteiger partial charge in [0.1, 0.15) is 21.5 Å². The molecule has 1 aromatic rings. The lowest BCUT2D eigenvalue weighted by Crippen LogP contribution is -2.25. The third kappa shape index (κ3) is 3.65. The number of nitrogens with zero attached hydrogens (tertiary/aromatic N) is 1. The van der Waals surface area contributed by atoms with Gasteiger partial charge < -0.3 is 21.1 Å². The average Bonchev–Trinajstić information content (AvgIpc) is 3.21. The van der Waals surface area contributed by atoms with Gasteiger partial charge >= 0.3 is 0 Å². The zero-order chi connectivity index (χ0) is 15.4. The molecule has 4 N–H and O–H groups in total. The highest BCUT2D eigenvalue weighted by Gasteiger charge is 2.28. The van der Waals surface area contributed by atoms with E-state index >= 15 is 0 Å². The van der Waals surface area contributed by atoms with E-state index in [-0.39, 0.29) is 23.7 Å². The van der Waals surface area contributed by atoms with Crippen molar-refractivity contribution in [2.75, 3.05) is 24.8 Å². The molecule has 7 heteroatoms. The Balaban J connectivity index is 2.20. The van der Waals surface area contributed by atoms with Crippen molar-refractivity contribution in [1.82, 2.24) is 5.32 Å². The van der Waals surface area contributed by atoms with Gasteiger partial charge in [-0.05, 0) is 19.3 Å². The van der Waals surface area contributed by atoms with Gasteiger partial charge in [-0.2, -0.15) is 5.26 Å². The number of nitrogens with one attached hydrogen (secondary N) is 2. The number of carbonyl (C=O) groups is 1. The van der Waals surface area contributed by atoms with Crippen molar-refractivity contribution in [2.45, 2.75) is 38.3 Å². The molecule has 1 heterocycles. The summed E-state index contributed by atoms with van der Waals surface area (Å²) in [5.41, 5.74) is 6.56. The second kappa shape index (κ2) is 6.78. The fraction of sp³-hybridized carbons (Fsp3) is 0.571. The lowest BCUT2D eigenvalue weighted by Gasteiger charge is -2.15. The van der Waals surface area contributed by atoms with Crippen LogP contribution in [-0.2, 0) is 4.74 Å². The van der Waals surface area contributed by atoms with Crippen LogP contribution in [0.3, 0.4) is 0 Å². The number of nitrogen functional groups attached to an aromatic ring is 1. The van der Waals surface area contributed by atoms with Crippen LogP contribution in [0.5, 0.6) is 0 Å². The predicted molar refractivity (Wildman–Crippen MR) is 83.5 cm³/mol. The molecule has 0 aromatic carbocycles. The number of anilines is 2. The number of hydrogen-bond donors (Lipinski definition) is 3. The van der Waals surface area contributed by atoms with Crippen LogP contribution in [-0.4, -0.2) is 31.7 Å². The fourth-order valence-corrected chi connectivity index (χ4v) is 3.00. The first-order chi connectivity index (χ1) is 10.1. The first-order valence-corrected chi connectivity index (χ1v) is 7.81. The Bertz CT molecular complexity index is 560. The Morgan fingerprint density at radius 2 is 2.33 bits per heavy atom. The van der Waals surface area contributed by atoms with Crippen LogP contribution in [0.25, 0.3) is 0 Å². The summed E-state index contributed by atoms with van der Waals surface area (Å²) >= 11 is 1.23. The van der Waals surface area contributed by atoms with Crippen LogP contribution in [0.2, 0.25) is 0 Å². The normalized spacial score (nSPS) is 15.3. The summed E-state index contributed by atoms with van der Waals surface area (Å²) in [7, 11) is 1.63. The molecule has 0 aliphatic heterocycles. The maximum absolute atomic E-state index is 12.1. The van der Waals surface area contributed by atoms with E-state index in [9.17, 15) is 10.1 Å². The van der Waals surface area contributed by atoms with Crippen LogP contribution in [0.4, 0.5) is 10.7 Å². The molecular weight excluding hydrogens is 288 g/mol. The molecule has 114 valence electrons. The average molecular weight is 308 g/mol. The molecule has 1 aliphatic carbocycles. The van der Waals surface area contributed by atoms with Crippen molar-refractivity contribution in [3.8, 4) is 6.07 Å². The maximum atomic E-state index is 12.1. The molecule has 0 spiro atoms. The van der Waals surface area contributed by atoms with Gasteiger partial charge in [0.25, 0.3) is 5.91 Å². The zero-order valence-electron chi connectivity index (χ0n) is 12.2. The summed E-state index contributed by atoms with van der Waals surface area (Å²) < 4.78 is 5.13. The van der Waals surface area contributed by atoms with Gasteiger partial charge in [-0.25, -0.2) is 0 Å². The van der Waals surface area contributed by atoms with Gasteiger partial charge in [0.15, 0.2) is 0 Å². The summed E-state index contributed by atoms with van der Waals surface area (Å²) in [5.74, 6) is -0.190. The van der Waals surface area contributed by atoms with Crippen molar-refractivity contribution in [3.05, 3.63) is 10.4 Å². The number of carbonyl (C=O) groups excluding carboxylic acids is 1. The van der Waals surface area contributed by atoms with E-state index in [0.717, 1.165) is 19.3 Å². The number of amides is 1. The monoisotopic (exact) mass is 308 g/mol. The second-order valence-corrected chi connectivity index (χ2v) is 6.13. The molecule has 0 radical (unpaired) electrons. The van der Waals surface area contributed by atoms with Gasteiger partial charge in [-0.1, -0.05) is 6.92 Å². The van der Waals surface area contributed by atoms with E-state index in [1.54, 1.807) is 7.11 Å². The molecule has 2 rings (SSSR count). The van der Waals surface area contributed by atoms with E-state index in [1.165, 1.54) is 11.3 Å². The van der Waals surface area contributed by atoms with Gasteiger partial charge in [-0.15, -0.1) is 11.3 Å². The highest BCUT2D eigenvalue weighted by molar-refractivity contribution is 7.19. The Kier molecular flexibility index (Phi) is 5.04. The van der Waals surface area contributed by atoms with E-state index in [4.69, 9.17) is 10.5 Å². The van der Waals surface area contributed by atoms with Crippen LogP contribution in [0.1, 0.15) is 41.4 Å². The number of nitriles is 1. The van der Waals surface area contributed by atoms with Gasteiger partial charge in [0, 0.05) is 19.2 Å². The maximum Gasteiger partial charge on any atom is 0.263 e. The number of methoxy groups -OCH3 is 1. The van der Waals surface area contributed by atoms with Crippen LogP contribution in [0.15, 0.2) is 0 Å². The summed E-state index contributed by atoms with van der Waals surface area (Å²) in [5, 5.41) is 16.1. The Labute approximate surface area is 128 Å². The molecule has 0 bridgehead atoms. The van der Waals surface area contributed by atoms with Crippen molar-refractivity contribution in [1.29, 1.82) is 5.26 Å². The summed E-state index contributed by atoms with van der Waals surface area (Å²) in [6.07, 6.45) is 2.87. The Morgan fingerprint density at radius 3 is 2.86 bits per heavy atom. The summed E-state index contributed by atoms with van der Waals surface area (Å²) in [4.78, 5) is 12.5. The minimum absolute atomic E-state index is 0.0829. The molecule has 1 aromatic heterocycles. The third-order valence-corrected chi connectivity index (χ3v) is 4.51. The summed E-state index contributed by atoms with van der Waals surface area (Å²) in [6.45, 7) is 2.56. The van der Waals surface area contributed by atoms with E-state index in [1.807, 2.05) is 6.92 Å². The van der Waals surface area contributed by atoms with Gasteiger partial charge in [-0.3, -0.25) is 4.79 Å². The molecular formula is C14H20N4O2S. The van der Waals surface area contributed by atoms with Crippen molar-refractivity contribution < 1.29 is 9.53 Å². The number of rotatable bonds is 7. The zero-order valence-corrected chi connectivity index (χ0v) is 13.0. The molecule has 0 saturated heterocycles. The Morgan fingerprint density at radius 1 is 1.62 bits per heavy atom. The smallest absolute Gasteiger partial charge is 0.263 e. The molecule has 6 nitrogen and oxygen atoms in total. The molecule has 21 heavy (non-hydrogen) atoms. The van der Waals surface area contributed by atoms with Crippen molar-refractivity contribution >= 4 is 27.9 Å². The molecule has 1 fully saturated rings. The quantitative estimate of drug-likeness (QED) is 0.714. The van der Waals surface area contributed by atoms with Gasteiger partial charge in [0.05, 0.1) is 12.3 Å². The SMILES string of the molecule is CCC(COC)Nc1sc(C(=O)NC2CC2)c(N)c1C#N.